The molecule has 0 amide bonds. The van der Waals surface area contributed by atoms with Crippen molar-refractivity contribution >= 4 is 10.9 Å². The van der Waals surface area contributed by atoms with Gasteiger partial charge < -0.3 is 14.5 Å². The molecular formula is C23H21FN6O3. The fourth-order valence-corrected chi connectivity index (χ4v) is 4.60. The smallest absolute Gasteiger partial charge is 0.253 e. The maximum atomic E-state index is 13.3. The van der Waals surface area contributed by atoms with Gasteiger partial charge in [-0.05, 0) is 66.2 Å². The van der Waals surface area contributed by atoms with Gasteiger partial charge in [-0.15, -0.1) is 5.10 Å². The topological polar surface area (TPSA) is 98.2 Å². The highest BCUT2D eigenvalue weighted by atomic mass is 19.1. The Morgan fingerprint density at radius 2 is 1.82 bits per heavy atom. The average molecular weight is 448 g/mol. The van der Waals surface area contributed by atoms with Gasteiger partial charge in [0.05, 0.1) is 12.1 Å². The van der Waals surface area contributed by atoms with Gasteiger partial charge in [-0.25, -0.2) is 9.07 Å². The predicted molar refractivity (Wildman–Crippen MR) is 117 cm³/mol. The number of tetrazole rings is 1. The normalized spacial score (nSPS) is 16.5. The monoisotopic (exact) mass is 448 g/mol. The van der Waals surface area contributed by atoms with Crippen LogP contribution in [0, 0.1) is 5.82 Å². The summed E-state index contributed by atoms with van der Waals surface area (Å²) in [5.41, 5.74) is 1.91. The molecule has 4 aromatic rings. The Bertz CT molecular complexity index is 1380. The molecule has 9 nitrogen and oxygen atoms in total. The molecule has 1 unspecified atom stereocenters. The third-order valence-electron chi connectivity index (χ3n) is 6.22. The quantitative estimate of drug-likeness (QED) is 0.501. The first-order valence-electron chi connectivity index (χ1n) is 10.9. The van der Waals surface area contributed by atoms with Gasteiger partial charge in [0, 0.05) is 17.0 Å². The minimum Gasteiger partial charge on any atom is -0.454 e. The summed E-state index contributed by atoms with van der Waals surface area (Å²) in [5, 5.41) is 13.2. The molecule has 4 heterocycles. The molecule has 0 spiro atoms. The van der Waals surface area contributed by atoms with E-state index in [4.69, 9.17) is 9.47 Å². The Balaban J connectivity index is 1.45. The second-order valence-electron chi connectivity index (χ2n) is 8.31. The fourth-order valence-electron chi connectivity index (χ4n) is 4.60. The number of hydrogen-bond acceptors (Lipinski definition) is 7. The molecule has 33 heavy (non-hydrogen) atoms. The predicted octanol–water partition coefficient (Wildman–Crippen LogP) is 2.62. The number of halogens is 1. The summed E-state index contributed by atoms with van der Waals surface area (Å²) in [7, 11) is 0. The number of aromatic amines is 1. The number of benzene rings is 2. The van der Waals surface area contributed by atoms with Crippen molar-refractivity contribution in [3.63, 3.8) is 0 Å². The number of rotatable bonds is 5. The van der Waals surface area contributed by atoms with Crippen LogP contribution in [0.2, 0.25) is 0 Å². The van der Waals surface area contributed by atoms with E-state index in [2.05, 4.69) is 25.4 Å². The molecule has 1 N–H and O–H groups in total. The van der Waals surface area contributed by atoms with Crippen LogP contribution in [0.5, 0.6) is 11.5 Å². The van der Waals surface area contributed by atoms with Crippen LogP contribution in [0.3, 0.4) is 0 Å². The van der Waals surface area contributed by atoms with Gasteiger partial charge in [0.15, 0.2) is 17.3 Å². The first-order valence-corrected chi connectivity index (χ1v) is 10.9. The van der Waals surface area contributed by atoms with Gasteiger partial charge in [0.2, 0.25) is 6.79 Å². The zero-order chi connectivity index (χ0) is 22.4. The molecule has 2 aliphatic heterocycles. The first-order chi connectivity index (χ1) is 16.2. The number of hydrogen-bond donors (Lipinski definition) is 1. The summed E-state index contributed by atoms with van der Waals surface area (Å²) >= 11 is 0. The summed E-state index contributed by atoms with van der Waals surface area (Å²) in [6, 6.07) is 11.4. The molecule has 1 saturated heterocycles. The molecule has 1 atom stereocenters. The lowest BCUT2D eigenvalue weighted by Gasteiger charge is -2.26. The van der Waals surface area contributed by atoms with Gasteiger partial charge in [-0.2, -0.15) is 0 Å². The molecule has 2 aliphatic rings. The van der Waals surface area contributed by atoms with Gasteiger partial charge in [0.1, 0.15) is 11.9 Å². The second-order valence-corrected chi connectivity index (χ2v) is 8.31. The van der Waals surface area contributed by atoms with Crippen molar-refractivity contribution in [2.75, 3.05) is 19.9 Å². The Morgan fingerprint density at radius 3 is 2.61 bits per heavy atom. The largest absolute Gasteiger partial charge is 0.454 e. The minimum atomic E-state index is -0.415. The van der Waals surface area contributed by atoms with Crippen LogP contribution in [-0.4, -0.2) is 50.0 Å². The van der Waals surface area contributed by atoms with E-state index in [-0.39, 0.29) is 18.2 Å². The minimum absolute atomic E-state index is 0.164. The van der Waals surface area contributed by atoms with E-state index in [1.54, 1.807) is 22.9 Å². The summed E-state index contributed by atoms with van der Waals surface area (Å²) < 4.78 is 26.0. The zero-order valence-corrected chi connectivity index (χ0v) is 17.7. The lowest BCUT2D eigenvalue weighted by Crippen LogP contribution is -2.33. The lowest BCUT2D eigenvalue weighted by molar-refractivity contribution is 0.174. The number of nitrogens with zero attached hydrogens (tertiary/aromatic N) is 5. The Hall–Kier alpha value is -3.79. The maximum Gasteiger partial charge on any atom is 0.253 e. The Morgan fingerprint density at radius 1 is 1.06 bits per heavy atom. The molecular weight excluding hydrogens is 427 g/mol. The van der Waals surface area contributed by atoms with Crippen LogP contribution in [0.15, 0.2) is 47.3 Å². The van der Waals surface area contributed by atoms with Gasteiger partial charge in [0.25, 0.3) is 5.56 Å². The highest BCUT2D eigenvalue weighted by molar-refractivity contribution is 5.83. The lowest BCUT2D eigenvalue weighted by atomic mass is 10.0. The molecule has 0 saturated carbocycles. The SMILES string of the molecule is O=c1[nH]c2cc3c(cc2cc1C(c1nnnn1Cc1ccc(F)cc1)N1CCCC1)OCO3. The van der Waals surface area contributed by atoms with Crippen LogP contribution < -0.4 is 15.0 Å². The van der Waals surface area contributed by atoms with Crippen molar-refractivity contribution in [3.8, 4) is 11.5 Å². The number of aromatic nitrogens is 5. The van der Waals surface area contributed by atoms with Gasteiger partial charge in [-0.1, -0.05) is 12.1 Å². The van der Waals surface area contributed by atoms with Crippen LogP contribution >= 0.6 is 0 Å². The number of nitrogens with one attached hydrogen (secondary N) is 1. The summed E-state index contributed by atoms with van der Waals surface area (Å²) in [4.78, 5) is 18.5. The molecule has 168 valence electrons. The van der Waals surface area contributed by atoms with Crippen molar-refractivity contribution in [3.05, 3.63) is 75.6 Å². The number of ether oxygens (including phenoxy) is 2. The van der Waals surface area contributed by atoms with E-state index in [9.17, 15) is 9.18 Å². The molecule has 6 rings (SSSR count). The maximum absolute atomic E-state index is 13.3. The summed E-state index contributed by atoms with van der Waals surface area (Å²) in [6.07, 6.45) is 2.08. The number of likely N-dealkylation sites (tertiary alicyclic amines) is 1. The Labute approximate surface area is 187 Å². The Kier molecular flexibility index (Phi) is 4.79. The van der Waals surface area contributed by atoms with Crippen LogP contribution in [0.4, 0.5) is 4.39 Å². The summed E-state index contributed by atoms with van der Waals surface area (Å²) in [5.74, 6) is 1.55. The first kappa shape index (κ1) is 19.9. The van der Waals surface area contributed by atoms with Crippen molar-refractivity contribution in [1.29, 1.82) is 0 Å². The highest BCUT2D eigenvalue weighted by Gasteiger charge is 2.32. The number of fused-ring (bicyclic) bond motifs is 2. The number of H-pyrrole nitrogens is 1. The van der Waals surface area contributed by atoms with E-state index < -0.39 is 6.04 Å². The molecule has 10 heteroatoms. The highest BCUT2D eigenvalue weighted by Crippen LogP contribution is 2.36. The van der Waals surface area contributed by atoms with Crippen LogP contribution in [0.1, 0.15) is 35.8 Å². The van der Waals surface area contributed by atoms with Gasteiger partial charge >= 0.3 is 0 Å². The van der Waals surface area contributed by atoms with E-state index in [1.807, 2.05) is 12.1 Å². The van der Waals surface area contributed by atoms with E-state index in [1.165, 1.54) is 12.1 Å². The zero-order valence-electron chi connectivity index (χ0n) is 17.7. The molecule has 1 fully saturated rings. The number of pyridine rings is 1. The molecule has 2 aromatic carbocycles. The van der Waals surface area contributed by atoms with E-state index in [0.29, 0.717) is 34.9 Å². The molecule has 0 aliphatic carbocycles. The fraction of sp³-hybridized carbons (Fsp3) is 0.304. The molecule has 0 bridgehead atoms. The van der Waals surface area contributed by atoms with Gasteiger partial charge in [-0.3, -0.25) is 9.69 Å². The average Bonchev–Trinajstić information content (AvgIpc) is 3.58. The molecule has 2 aromatic heterocycles. The van der Waals surface area contributed by atoms with Crippen molar-refractivity contribution < 1.29 is 13.9 Å². The van der Waals surface area contributed by atoms with Crippen LogP contribution in [0.25, 0.3) is 10.9 Å². The van der Waals surface area contributed by atoms with Crippen molar-refractivity contribution in [1.82, 2.24) is 30.1 Å². The van der Waals surface area contributed by atoms with Crippen molar-refractivity contribution in [2.45, 2.75) is 25.4 Å². The summed E-state index contributed by atoms with van der Waals surface area (Å²) in [6.45, 7) is 2.22. The standard InChI is InChI=1S/C23H21FN6O3/c24-16-5-3-14(4-6-16)12-30-22(26-27-28-30)21(29-7-1-2-8-29)17-9-15-10-19-20(33-13-32-19)11-18(15)25-23(17)31/h3-6,9-11,21H,1-2,7-8,12-13H2,(H,25,31). The van der Waals surface area contributed by atoms with Crippen LogP contribution in [-0.2, 0) is 6.54 Å². The van der Waals surface area contributed by atoms with E-state index in [0.717, 1.165) is 36.9 Å². The second kappa shape index (κ2) is 7.96. The molecule has 0 radical (unpaired) electrons. The third kappa shape index (κ3) is 3.62. The third-order valence-corrected chi connectivity index (χ3v) is 6.22. The van der Waals surface area contributed by atoms with E-state index >= 15 is 0 Å². The van der Waals surface area contributed by atoms with Crippen molar-refractivity contribution in [2.24, 2.45) is 0 Å².